The van der Waals surface area contributed by atoms with Crippen LogP contribution in [0.1, 0.15) is 50.2 Å². The molecule has 0 aliphatic heterocycles. The average molecular weight is 704 g/mol. The summed E-state index contributed by atoms with van der Waals surface area (Å²) < 4.78 is 30.9. The number of sulfonamides is 1. The second kappa shape index (κ2) is 13.1. The predicted octanol–water partition coefficient (Wildman–Crippen LogP) is 9.47. The van der Waals surface area contributed by atoms with Crippen LogP contribution in [0.3, 0.4) is 0 Å². The number of thiazole rings is 1. The van der Waals surface area contributed by atoms with Crippen molar-refractivity contribution < 1.29 is 8.42 Å². The summed E-state index contributed by atoms with van der Waals surface area (Å²) in [4.78, 5) is 9.66. The van der Waals surface area contributed by atoms with E-state index in [1.165, 1.54) is 26.6 Å². The van der Waals surface area contributed by atoms with Crippen molar-refractivity contribution >= 4 is 66.1 Å². The number of pyridine rings is 1. The minimum Gasteiger partial charge on any atom is -0.338 e. The molecule has 0 saturated heterocycles. The van der Waals surface area contributed by atoms with Crippen LogP contribution >= 0.6 is 11.3 Å². The zero-order chi connectivity index (χ0) is 36.1. The maximum Gasteiger partial charge on any atom is 0.237 e. The lowest BCUT2D eigenvalue weighted by atomic mass is 10.0. The fourth-order valence-electron chi connectivity index (χ4n) is 6.32. The van der Waals surface area contributed by atoms with Gasteiger partial charge in [-0.15, -0.1) is 10.2 Å². The highest BCUT2D eigenvalue weighted by Gasteiger charge is 2.27. The number of nitrogens with zero attached hydrogens (tertiary/aromatic N) is 8. The molecule has 0 bridgehead atoms. The molecular weight excluding hydrogens is 667 g/mol. The number of benzene rings is 3. The summed E-state index contributed by atoms with van der Waals surface area (Å²) >= 11 is 1.43. The highest BCUT2D eigenvalue weighted by molar-refractivity contribution is 7.92. The van der Waals surface area contributed by atoms with Crippen molar-refractivity contribution in [3.05, 3.63) is 105 Å². The maximum atomic E-state index is 13.5. The van der Waals surface area contributed by atoms with Gasteiger partial charge in [0, 0.05) is 5.69 Å². The molecule has 1 N–H and O–H groups in total. The first-order valence-electron chi connectivity index (χ1n) is 15.9. The quantitative estimate of drug-likeness (QED) is 0.156. The van der Waals surface area contributed by atoms with E-state index in [1.807, 2.05) is 84.9 Å². The number of para-hydroxylation sites is 1. The number of azo groups is 1. The molecule has 0 spiro atoms. The van der Waals surface area contributed by atoms with Gasteiger partial charge >= 0.3 is 0 Å². The molecule has 0 aliphatic rings. The van der Waals surface area contributed by atoms with Crippen LogP contribution in [0.15, 0.2) is 64.8 Å². The van der Waals surface area contributed by atoms with Gasteiger partial charge in [0.1, 0.15) is 23.1 Å². The fraction of sp³-hybridized carbons (Fsp3) is 0.243. The standard InChI is InChI=1S/C37H37N9O2S2/c1-20-14-22(3)32(23(4)15-20)41-35-33(24(5)18-31(40-35)46(50(9,47)48)34-25(6)16-21(2)17-26(34)7)42-43-36-28(19-38)27(8)44-45(36)37-39-29-12-10-11-13-30(29)49-37/h10-18H,1-9H3,(H,40,41). The van der Waals surface area contributed by atoms with Crippen LogP contribution in [0, 0.1) is 66.7 Å². The molecule has 50 heavy (non-hydrogen) atoms. The first kappa shape index (κ1) is 34.4. The number of aromatic nitrogens is 4. The van der Waals surface area contributed by atoms with Crippen LogP contribution < -0.4 is 9.62 Å². The molecule has 0 saturated carbocycles. The fourth-order valence-corrected chi connectivity index (χ4v) is 8.30. The van der Waals surface area contributed by atoms with Gasteiger partial charge < -0.3 is 5.32 Å². The lowest BCUT2D eigenvalue weighted by Gasteiger charge is -2.27. The Morgan fingerprint density at radius 1 is 0.840 bits per heavy atom. The number of anilines is 4. The highest BCUT2D eigenvalue weighted by Crippen LogP contribution is 2.41. The van der Waals surface area contributed by atoms with Gasteiger partial charge in [-0.05, 0) is 101 Å². The Labute approximate surface area is 296 Å². The third-order valence-corrected chi connectivity index (χ3v) is 10.4. The lowest BCUT2D eigenvalue weighted by Crippen LogP contribution is -2.27. The number of hydrogen-bond donors (Lipinski definition) is 1. The molecule has 0 atom stereocenters. The molecule has 6 rings (SSSR count). The Morgan fingerprint density at radius 3 is 2.06 bits per heavy atom. The van der Waals surface area contributed by atoms with Gasteiger partial charge in [0.15, 0.2) is 11.6 Å². The Hall–Kier alpha value is -5.45. The summed E-state index contributed by atoms with van der Waals surface area (Å²) in [5, 5.41) is 28.0. The molecule has 3 aromatic heterocycles. The van der Waals surface area contributed by atoms with E-state index in [1.54, 1.807) is 13.0 Å². The van der Waals surface area contributed by atoms with Crippen molar-refractivity contribution in [2.75, 3.05) is 15.9 Å². The Bertz CT molecular complexity index is 2430. The number of hydrogen-bond acceptors (Lipinski definition) is 10. The smallest absolute Gasteiger partial charge is 0.237 e. The van der Waals surface area contributed by atoms with Crippen molar-refractivity contribution in [3.8, 4) is 11.2 Å². The SMILES string of the molecule is Cc1cc(C)c(Nc2nc(N(c3c(C)cc(C)cc3C)S(C)(=O)=O)cc(C)c2N=Nc2c(C#N)c(C)nn2-c2nc3ccccc3s2)c(C)c1. The van der Waals surface area contributed by atoms with E-state index in [4.69, 9.17) is 15.1 Å². The molecule has 3 heterocycles. The van der Waals surface area contributed by atoms with E-state index in [9.17, 15) is 13.7 Å². The Balaban J connectivity index is 1.57. The van der Waals surface area contributed by atoms with Crippen molar-refractivity contribution in [1.29, 1.82) is 5.26 Å². The van der Waals surface area contributed by atoms with Crippen LogP contribution in [0.5, 0.6) is 0 Å². The van der Waals surface area contributed by atoms with Crippen molar-refractivity contribution in [1.82, 2.24) is 19.7 Å². The summed E-state index contributed by atoms with van der Waals surface area (Å²) in [5.41, 5.74) is 9.62. The summed E-state index contributed by atoms with van der Waals surface area (Å²) in [6, 6.07) is 19.7. The zero-order valence-electron chi connectivity index (χ0n) is 29.4. The molecule has 0 fully saturated rings. The average Bonchev–Trinajstić information content (AvgIpc) is 3.59. The summed E-state index contributed by atoms with van der Waals surface area (Å²) in [6.45, 7) is 15.4. The van der Waals surface area contributed by atoms with Gasteiger partial charge in [-0.3, -0.25) is 0 Å². The largest absolute Gasteiger partial charge is 0.338 e. The first-order valence-corrected chi connectivity index (χ1v) is 18.5. The van der Waals surface area contributed by atoms with E-state index < -0.39 is 10.0 Å². The highest BCUT2D eigenvalue weighted by atomic mass is 32.2. The Morgan fingerprint density at radius 2 is 1.46 bits per heavy atom. The van der Waals surface area contributed by atoms with Gasteiger partial charge in [0.05, 0.1) is 27.9 Å². The van der Waals surface area contributed by atoms with Crippen molar-refractivity contribution in [3.63, 3.8) is 0 Å². The van der Waals surface area contributed by atoms with Crippen LogP contribution in [-0.4, -0.2) is 34.4 Å². The minimum atomic E-state index is -3.84. The van der Waals surface area contributed by atoms with E-state index >= 15 is 0 Å². The lowest BCUT2D eigenvalue weighted by molar-refractivity contribution is 0.601. The molecule has 0 aliphatic carbocycles. The number of aryl methyl sites for hydroxylation is 8. The van der Waals surface area contributed by atoms with Gasteiger partial charge in [-0.25, -0.2) is 22.7 Å². The Kier molecular flexibility index (Phi) is 9.02. The molecule has 0 amide bonds. The second-order valence-corrected chi connectivity index (χ2v) is 15.5. The van der Waals surface area contributed by atoms with E-state index in [0.717, 1.165) is 49.3 Å². The predicted molar refractivity (Wildman–Crippen MR) is 201 cm³/mol. The van der Waals surface area contributed by atoms with Crippen LogP contribution in [0.25, 0.3) is 15.3 Å². The monoisotopic (exact) mass is 703 g/mol. The maximum absolute atomic E-state index is 13.5. The second-order valence-electron chi connectivity index (χ2n) is 12.6. The topological polar surface area (TPSA) is 142 Å². The van der Waals surface area contributed by atoms with Gasteiger partial charge in [-0.1, -0.05) is 58.9 Å². The van der Waals surface area contributed by atoms with Crippen LogP contribution in [0.4, 0.5) is 34.5 Å². The molecule has 254 valence electrons. The summed E-state index contributed by atoms with van der Waals surface area (Å²) in [6.07, 6.45) is 1.17. The number of fused-ring (bicyclic) bond motifs is 1. The summed E-state index contributed by atoms with van der Waals surface area (Å²) in [5.74, 6) is 0.734. The molecule has 6 aromatic rings. The first-order chi connectivity index (χ1) is 23.7. The number of rotatable bonds is 8. The van der Waals surface area contributed by atoms with Gasteiger partial charge in [0.2, 0.25) is 15.2 Å². The molecule has 13 heteroatoms. The molecule has 0 radical (unpaired) electrons. The molecule has 3 aromatic carbocycles. The third kappa shape index (κ3) is 6.47. The molecular formula is C37H37N9O2S2. The van der Waals surface area contributed by atoms with E-state index in [0.29, 0.717) is 33.6 Å². The van der Waals surface area contributed by atoms with Crippen LogP contribution in [0.2, 0.25) is 0 Å². The third-order valence-electron chi connectivity index (χ3n) is 8.32. The van der Waals surface area contributed by atoms with E-state index in [2.05, 4.69) is 33.7 Å². The summed E-state index contributed by atoms with van der Waals surface area (Å²) in [7, 11) is -3.84. The normalized spacial score (nSPS) is 11.8. The van der Waals surface area contributed by atoms with Crippen molar-refractivity contribution in [2.24, 2.45) is 10.2 Å². The zero-order valence-corrected chi connectivity index (χ0v) is 31.0. The van der Waals surface area contributed by atoms with E-state index in [-0.39, 0.29) is 17.2 Å². The minimum absolute atomic E-state index is 0.206. The number of nitrogens with one attached hydrogen (secondary N) is 1. The molecule has 0 unspecified atom stereocenters. The number of nitriles is 1. The van der Waals surface area contributed by atoms with Gasteiger partial charge in [0.25, 0.3) is 0 Å². The van der Waals surface area contributed by atoms with Gasteiger partial charge in [-0.2, -0.15) is 15.0 Å². The molecule has 11 nitrogen and oxygen atoms in total. The van der Waals surface area contributed by atoms with Crippen LogP contribution in [-0.2, 0) is 10.0 Å². The van der Waals surface area contributed by atoms with Crippen molar-refractivity contribution in [2.45, 2.75) is 55.4 Å².